The number of hydrogen-bond acceptors (Lipinski definition) is 6. The van der Waals surface area contributed by atoms with Crippen molar-refractivity contribution >= 4 is 27.0 Å². The van der Waals surface area contributed by atoms with Gasteiger partial charge in [0, 0.05) is 36.6 Å². The average molecular weight is 436 g/mol. The van der Waals surface area contributed by atoms with Crippen molar-refractivity contribution in [1.82, 2.24) is 9.46 Å². The summed E-state index contributed by atoms with van der Waals surface area (Å²) < 4.78 is 47.4. The van der Waals surface area contributed by atoms with Gasteiger partial charge in [-0.15, -0.1) is 11.3 Å². The molecule has 9 heteroatoms. The van der Waals surface area contributed by atoms with E-state index in [-0.39, 0.29) is 5.82 Å². The average Bonchev–Trinajstić information content (AvgIpc) is 3.25. The fourth-order valence-electron chi connectivity index (χ4n) is 3.50. The molecule has 1 fully saturated rings. The third-order valence-corrected chi connectivity index (χ3v) is 8.51. The van der Waals surface area contributed by atoms with Gasteiger partial charge in [-0.05, 0) is 39.0 Å². The first-order valence-corrected chi connectivity index (χ1v) is 11.6. The lowest BCUT2D eigenvalue weighted by molar-refractivity contribution is 0.383. The number of aryl methyl sites for hydroxylation is 2. The van der Waals surface area contributed by atoms with E-state index in [9.17, 15) is 12.8 Å². The van der Waals surface area contributed by atoms with Crippen LogP contribution in [0.3, 0.4) is 0 Å². The van der Waals surface area contributed by atoms with E-state index in [0.717, 1.165) is 16.1 Å². The first kappa shape index (κ1) is 20.1. The highest BCUT2D eigenvalue weighted by Gasteiger charge is 2.32. The zero-order valence-corrected chi connectivity index (χ0v) is 18.1. The lowest BCUT2D eigenvalue weighted by atomic mass is 10.2. The number of aromatic nitrogens is 1. The molecule has 1 saturated heterocycles. The fraction of sp³-hybridized carbons (Fsp3) is 0.350. The van der Waals surface area contributed by atoms with E-state index in [0.29, 0.717) is 47.4 Å². The number of sulfonamides is 1. The van der Waals surface area contributed by atoms with Crippen molar-refractivity contribution in [2.45, 2.75) is 25.7 Å². The summed E-state index contributed by atoms with van der Waals surface area (Å²) in [4.78, 5) is 3.65. The molecule has 2 aromatic heterocycles. The molecule has 0 atom stereocenters. The summed E-state index contributed by atoms with van der Waals surface area (Å²) in [5.74, 6) is 0.321. The van der Waals surface area contributed by atoms with E-state index in [1.54, 1.807) is 31.2 Å². The fourth-order valence-corrected chi connectivity index (χ4v) is 6.51. The van der Waals surface area contributed by atoms with Gasteiger partial charge in [-0.2, -0.15) is 4.31 Å². The summed E-state index contributed by atoms with van der Waals surface area (Å²) in [6.45, 7) is 7.06. The Morgan fingerprint density at radius 1 is 1.10 bits per heavy atom. The Balaban J connectivity index is 1.56. The maximum Gasteiger partial charge on any atom is 0.244 e. The van der Waals surface area contributed by atoms with Gasteiger partial charge in [0.1, 0.15) is 5.82 Å². The minimum Gasteiger partial charge on any atom is -0.367 e. The predicted molar refractivity (Wildman–Crippen MR) is 111 cm³/mol. The normalized spacial score (nSPS) is 15.8. The van der Waals surface area contributed by atoms with Gasteiger partial charge in [-0.1, -0.05) is 17.3 Å². The maximum atomic E-state index is 14.0. The number of halogens is 1. The van der Waals surface area contributed by atoms with Crippen LogP contribution in [0.2, 0.25) is 0 Å². The van der Waals surface area contributed by atoms with E-state index in [2.05, 4.69) is 5.16 Å². The summed E-state index contributed by atoms with van der Waals surface area (Å²) in [6, 6.07) is 8.24. The second kappa shape index (κ2) is 7.55. The molecule has 0 aliphatic carbocycles. The Labute approximate surface area is 173 Å². The molecule has 1 aliphatic rings. The first-order chi connectivity index (χ1) is 13.8. The van der Waals surface area contributed by atoms with Gasteiger partial charge in [0.2, 0.25) is 10.0 Å². The topological polar surface area (TPSA) is 66.7 Å². The van der Waals surface area contributed by atoms with Crippen LogP contribution >= 0.6 is 11.3 Å². The number of rotatable bonds is 4. The maximum absolute atomic E-state index is 14.0. The number of nitrogens with zero attached hydrogens (tertiary/aromatic N) is 3. The molecule has 6 nitrogen and oxygen atoms in total. The van der Waals surface area contributed by atoms with E-state index in [4.69, 9.17) is 4.52 Å². The van der Waals surface area contributed by atoms with Crippen LogP contribution < -0.4 is 4.90 Å². The van der Waals surface area contributed by atoms with Crippen LogP contribution in [0, 0.1) is 26.6 Å². The van der Waals surface area contributed by atoms with Crippen molar-refractivity contribution in [3.8, 4) is 10.6 Å². The van der Waals surface area contributed by atoms with Gasteiger partial charge in [0.25, 0.3) is 0 Å². The van der Waals surface area contributed by atoms with Crippen molar-refractivity contribution in [2.24, 2.45) is 0 Å². The predicted octanol–water partition coefficient (Wildman–Crippen LogP) is 3.98. The number of hydrogen-bond donors (Lipinski definition) is 0. The third-order valence-electron chi connectivity index (χ3n) is 5.30. The summed E-state index contributed by atoms with van der Waals surface area (Å²) in [5, 5.41) is 3.96. The minimum atomic E-state index is -3.64. The Bertz CT molecular complexity index is 1150. The molecular formula is C20H22FN3O3S2. The van der Waals surface area contributed by atoms with Crippen LogP contribution in [0.1, 0.15) is 16.1 Å². The number of anilines is 1. The number of para-hydroxylation sites is 1. The lowest BCUT2D eigenvalue weighted by Gasteiger charge is -2.35. The second-order valence-corrected chi connectivity index (χ2v) is 10.3. The Hall–Kier alpha value is -2.23. The van der Waals surface area contributed by atoms with Gasteiger partial charge in [-0.25, -0.2) is 12.8 Å². The molecule has 4 rings (SSSR count). The van der Waals surface area contributed by atoms with Crippen molar-refractivity contribution in [3.05, 3.63) is 52.3 Å². The lowest BCUT2D eigenvalue weighted by Crippen LogP contribution is -2.48. The summed E-state index contributed by atoms with van der Waals surface area (Å²) >= 11 is 1.39. The molecule has 1 aliphatic heterocycles. The zero-order chi connectivity index (χ0) is 20.8. The Morgan fingerprint density at radius 3 is 2.41 bits per heavy atom. The van der Waals surface area contributed by atoms with Crippen molar-refractivity contribution in [1.29, 1.82) is 0 Å². The van der Waals surface area contributed by atoms with E-state index in [1.807, 2.05) is 18.7 Å². The van der Waals surface area contributed by atoms with Crippen LogP contribution in [0.5, 0.6) is 0 Å². The molecule has 0 saturated carbocycles. The van der Waals surface area contributed by atoms with Gasteiger partial charge >= 0.3 is 0 Å². The number of piperazine rings is 1. The molecule has 0 radical (unpaired) electrons. The third kappa shape index (κ3) is 3.58. The molecular weight excluding hydrogens is 413 g/mol. The monoisotopic (exact) mass is 435 g/mol. The molecule has 0 spiro atoms. The number of benzene rings is 1. The molecule has 154 valence electrons. The summed E-state index contributed by atoms with van der Waals surface area (Å²) in [7, 11) is -3.64. The highest BCUT2D eigenvalue weighted by molar-refractivity contribution is 7.89. The molecule has 0 bridgehead atoms. The van der Waals surface area contributed by atoms with Gasteiger partial charge in [0.15, 0.2) is 5.76 Å². The highest BCUT2D eigenvalue weighted by Crippen LogP contribution is 2.37. The van der Waals surface area contributed by atoms with Crippen LogP contribution in [0.25, 0.3) is 10.6 Å². The van der Waals surface area contributed by atoms with Gasteiger partial charge < -0.3 is 9.42 Å². The van der Waals surface area contributed by atoms with Crippen LogP contribution in [-0.4, -0.2) is 44.1 Å². The summed E-state index contributed by atoms with van der Waals surface area (Å²) in [5.41, 5.74) is 2.21. The van der Waals surface area contributed by atoms with Crippen LogP contribution in [0.4, 0.5) is 10.1 Å². The molecule has 0 unspecified atom stereocenters. The van der Waals surface area contributed by atoms with Gasteiger partial charge in [-0.3, -0.25) is 0 Å². The van der Waals surface area contributed by atoms with E-state index >= 15 is 0 Å². The van der Waals surface area contributed by atoms with Crippen LogP contribution in [-0.2, 0) is 10.0 Å². The Kier molecular flexibility index (Phi) is 5.22. The van der Waals surface area contributed by atoms with Crippen molar-refractivity contribution < 1.29 is 17.3 Å². The van der Waals surface area contributed by atoms with Crippen molar-refractivity contribution in [3.63, 3.8) is 0 Å². The standard InChI is InChI=1S/C20H22FN3O3S2/c1-13-14(2)22-27-20(13)18-12-19(15(3)28-18)29(25,26)24-10-8-23(9-11-24)17-7-5-4-6-16(17)21/h4-7,12H,8-11H2,1-3H3. The molecule has 3 heterocycles. The van der Waals surface area contributed by atoms with Crippen molar-refractivity contribution in [2.75, 3.05) is 31.1 Å². The quantitative estimate of drug-likeness (QED) is 0.620. The molecule has 0 amide bonds. The first-order valence-electron chi connectivity index (χ1n) is 9.32. The highest BCUT2D eigenvalue weighted by atomic mass is 32.2. The molecule has 29 heavy (non-hydrogen) atoms. The Morgan fingerprint density at radius 2 is 1.79 bits per heavy atom. The molecule has 1 aromatic carbocycles. The minimum absolute atomic E-state index is 0.292. The zero-order valence-electron chi connectivity index (χ0n) is 16.5. The summed E-state index contributed by atoms with van der Waals surface area (Å²) in [6.07, 6.45) is 0. The molecule has 3 aromatic rings. The smallest absolute Gasteiger partial charge is 0.244 e. The SMILES string of the molecule is Cc1noc(-c2cc(S(=O)(=O)N3CCN(c4ccccc4F)CC3)c(C)s2)c1C. The largest absolute Gasteiger partial charge is 0.367 e. The van der Waals surface area contributed by atoms with Gasteiger partial charge in [0.05, 0.1) is 21.2 Å². The van der Waals surface area contributed by atoms with E-state index < -0.39 is 10.0 Å². The molecule has 0 N–H and O–H groups in total. The van der Waals surface area contributed by atoms with E-state index in [1.165, 1.54) is 21.7 Å². The number of thiophene rings is 1. The second-order valence-electron chi connectivity index (χ2n) is 7.10. The van der Waals surface area contributed by atoms with Crippen LogP contribution in [0.15, 0.2) is 39.8 Å².